The Balaban J connectivity index is 3.63. The van der Waals surface area contributed by atoms with Gasteiger partial charge in [-0.05, 0) is 103 Å². The van der Waals surface area contributed by atoms with Gasteiger partial charge in [0.15, 0.2) is 0 Å². The minimum absolute atomic E-state index is 0.208. The molecule has 4 heteroatoms. The molecule has 0 saturated carbocycles. The number of aliphatic hydroxyl groups excluding tert-OH is 1. The zero-order valence-corrected chi connectivity index (χ0v) is 35.4. The smallest absolute Gasteiger partial charge is 0.306 e. The first kappa shape index (κ1) is 51.8. The van der Waals surface area contributed by atoms with E-state index in [1.165, 1.54) is 64.2 Å². The van der Waals surface area contributed by atoms with Gasteiger partial charge in [-0.3, -0.25) is 4.79 Å². The molecule has 0 saturated heterocycles. The fourth-order valence-corrected chi connectivity index (χ4v) is 5.50. The van der Waals surface area contributed by atoms with Gasteiger partial charge in [0.05, 0.1) is 13.2 Å². The van der Waals surface area contributed by atoms with E-state index in [1.54, 1.807) is 0 Å². The van der Waals surface area contributed by atoms with E-state index in [9.17, 15) is 9.90 Å². The van der Waals surface area contributed by atoms with Gasteiger partial charge in [-0.15, -0.1) is 0 Å². The Hall–Kier alpha value is -3.21. The quantitative estimate of drug-likeness (QED) is 0.0385. The molecule has 0 aromatic rings. The van der Waals surface area contributed by atoms with Crippen molar-refractivity contribution < 1.29 is 19.4 Å². The highest BCUT2D eigenvalue weighted by Gasteiger charge is 2.13. The summed E-state index contributed by atoms with van der Waals surface area (Å²) in [7, 11) is 0. The van der Waals surface area contributed by atoms with Crippen molar-refractivity contribution in [3.63, 3.8) is 0 Å². The van der Waals surface area contributed by atoms with Gasteiger partial charge in [0.25, 0.3) is 0 Å². The average molecular weight is 759 g/mol. The molecule has 4 nitrogen and oxygen atoms in total. The van der Waals surface area contributed by atoms with Crippen molar-refractivity contribution in [2.24, 2.45) is 0 Å². The summed E-state index contributed by atoms with van der Waals surface area (Å²) in [6, 6.07) is 0. The van der Waals surface area contributed by atoms with Crippen molar-refractivity contribution in [3.05, 3.63) is 122 Å². The van der Waals surface area contributed by atoms with Crippen molar-refractivity contribution in [2.45, 2.75) is 174 Å². The second-order valence-corrected chi connectivity index (χ2v) is 14.0. The summed E-state index contributed by atoms with van der Waals surface area (Å²) in [6.07, 6.45) is 69.7. The monoisotopic (exact) mass is 759 g/mol. The molecule has 55 heavy (non-hydrogen) atoms. The summed E-state index contributed by atoms with van der Waals surface area (Å²) in [4.78, 5) is 12.2. The van der Waals surface area contributed by atoms with Crippen LogP contribution in [0.1, 0.15) is 168 Å². The minimum Gasteiger partial charge on any atom is -0.457 e. The molecule has 310 valence electrons. The van der Waals surface area contributed by atoms with Gasteiger partial charge in [0, 0.05) is 13.0 Å². The molecule has 0 heterocycles. The number of carbonyl (C=O) groups excluding carboxylic acids is 1. The Kier molecular flexibility index (Phi) is 44.2. The lowest BCUT2D eigenvalue weighted by molar-refractivity contribution is -0.154. The predicted molar refractivity (Wildman–Crippen MR) is 241 cm³/mol. The third-order valence-corrected chi connectivity index (χ3v) is 8.77. The number of ether oxygens (including phenoxy) is 2. The standard InChI is InChI=1S/C51H82O4/c1-3-5-7-9-11-13-15-17-19-21-23-25-26-27-28-30-32-34-36-38-40-42-44-46-51(53)55-50(48-52)49-54-47-45-43-41-39-37-35-33-31-29-24-22-20-18-16-14-12-10-8-6-4-2/h5,7,11-14,17-20,23-25,27-29,32,34,38,40,50,52H,3-4,6,8-10,15-16,21-22,26,30-31,33,35-37,39,41-49H2,1-2H3/b7-5-,13-11-,14-12-,19-17-,20-18-,25-23-,28-27-,29-24-,34-32-,40-38-. The number of hydrogen-bond donors (Lipinski definition) is 1. The summed E-state index contributed by atoms with van der Waals surface area (Å²) in [6.45, 7) is 5.10. The van der Waals surface area contributed by atoms with Crippen LogP contribution in [-0.2, 0) is 14.3 Å². The van der Waals surface area contributed by atoms with Crippen LogP contribution in [0.15, 0.2) is 122 Å². The van der Waals surface area contributed by atoms with Gasteiger partial charge in [-0.25, -0.2) is 0 Å². The number of aliphatic hydroxyl groups is 1. The highest BCUT2D eigenvalue weighted by atomic mass is 16.6. The van der Waals surface area contributed by atoms with Gasteiger partial charge in [0.2, 0.25) is 0 Å². The van der Waals surface area contributed by atoms with Crippen LogP contribution in [0.25, 0.3) is 0 Å². The molecule has 0 aromatic carbocycles. The van der Waals surface area contributed by atoms with Crippen LogP contribution >= 0.6 is 0 Å². The highest BCUT2D eigenvalue weighted by Crippen LogP contribution is 2.10. The fourth-order valence-electron chi connectivity index (χ4n) is 5.50. The molecule has 0 aromatic heterocycles. The van der Waals surface area contributed by atoms with Crippen molar-refractivity contribution in [1.29, 1.82) is 0 Å². The molecule has 0 bridgehead atoms. The predicted octanol–water partition coefficient (Wildman–Crippen LogP) is 14.9. The molecule has 0 aliphatic carbocycles. The Bertz CT molecular complexity index is 1110. The molecular weight excluding hydrogens is 677 g/mol. The Labute approximate surface area is 339 Å². The molecule has 0 spiro atoms. The van der Waals surface area contributed by atoms with Crippen molar-refractivity contribution >= 4 is 5.97 Å². The molecule has 1 N–H and O–H groups in total. The zero-order chi connectivity index (χ0) is 39.8. The molecule has 1 atom stereocenters. The molecule has 0 radical (unpaired) electrons. The molecule has 0 fully saturated rings. The normalized spacial score (nSPS) is 13.6. The third kappa shape index (κ3) is 45.1. The average Bonchev–Trinajstić information content (AvgIpc) is 3.19. The van der Waals surface area contributed by atoms with Gasteiger partial charge in [0.1, 0.15) is 6.10 Å². The summed E-state index contributed by atoms with van der Waals surface area (Å²) >= 11 is 0. The number of hydrogen-bond acceptors (Lipinski definition) is 4. The first-order chi connectivity index (χ1) is 27.2. The summed E-state index contributed by atoms with van der Waals surface area (Å²) in [5, 5.41) is 9.61. The first-order valence-electron chi connectivity index (χ1n) is 22.1. The van der Waals surface area contributed by atoms with E-state index in [4.69, 9.17) is 9.47 Å². The second kappa shape index (κ2) is 46.9. The van der Waals surface area contributed by atoms with E-state index in [0.29, 0.717) is 13.0 Å². The largest absolute Gasteiger partial charge is 0.457 e. The van der Waals surface area contributed by atoms with Gasteiger partial charge >= 0.3 is 5.97 Å². The first-order valence-corrected chi connectivity index (χ1v) is 22.1. The topological polar surface area (TPSA) is 55.8 Å². The molecule has 0 aliphatic heterocycles. The molecule has 1 unspecified atom stereocenters. The molecule has 0 aliphatic rings. The summed E-state index contributed by atoms with van der Waals surface area (Å²) in [5.74, 6) is -0.267. The number of rotatable bonds is 39. The third-order valence-electron chi connectivity index (χ3n) is 8.77. The van der Waals surface area contributed by atoms with Crippen LogP contribution in [0.4, 0.5) is 0 Å². The maximum Gasteiger partial charge on any atom is 0.306 e. The van der Waals surface area contributed by atoms with Gasteiger partial charge in [-0.1, -0.05) is 180 Å². The highest BCUT2D eigenvalue weighted by molar-refractivity contribution is 5.69. The SMILES string of the molecule is CC/C=C\C/C=C\C/C=C\C/C=C\C/C=C\C/C=C\C/C=C\CCCC(=O)OC(CO)COCCCCCCCCC/C=C\C/C=C\C/C=C\CCCCC. The molecule has 0 amide bonds. The van der Waals surface area contributed by atoms with Crippen LogP contribution < -0.4 is 0 Å². The van der Waals surface area contributed by atoms with E-state index in [1.807, 2.05) is 0 Å². The van der Waals surface area contributed by atoms with E-state index < -0.39 is 6.10 Å². The van der Waals surface area contributed by atoms with Crippen LogP contribution in [0.3, 0.4) is 0 Å². The Morgan fingerprint density at radius 1 is 0.455 bits per heavy atom. The van der Waals surface area contributed by atoms with Gasteiger partial charge < -0.3 is 14.6 Å². The lowest BCUT2D eigenvalue weighted by Crippen LogP contribution is -2.27. The minimum atomic E-state index is -0.580. The van der Waals surface area contributed by atoms with Crippen molar-refractivity contribution in [3.8, 4) is 0 Å². The van der Waals surface area contributed by atoms with Crippen LogP contribution in [-0.4, -0.2) is 37.0 Å². The summed E-state index contributed by atoms with van der Waals surface area (Å²) in [5.41, 5.74) is 0. The van der Waals surface area contributed by atoms with Crippen LogP contribution in [0, 0.1) is 0 Å². The number of allylic oxidation sites excluding steroid dienone is 20. The Morgan fingerprint density at radius 3 is 1.24 bits per heavy atom. The van der Waals surface area contributed by atoms with Crippen LogP contribution in [0.5, 0.6) is 0 Å². The van der Waals surface area contributed by atoms with Crippen molar-refractivity contribution in [1.82, 2.24) is 0 Å². The maximum atomic E-state index is 12.2. The number of unbranched alkanes of at least 4 members (excludes halogenated alkanes) is 11. The van der Waals surface area contributed by atoms with E-state index in [2.05, 4.69) is 135 Å². The van der Waals surface area contributed by atoms with Crippen molar-refractivity contribution in [2.75, 3.05) is 19.8 Å². The summed E-state index contributed by atoms with van der Waals surface area (Å²) < 4.78 is 11.1. The fraction of sp³-hybridized carbons (Fsp3) is 0.588. The van der Waals surface area contributed by atoms with Crippen LogP contribution in [0.2, 0.25) is 0 Å². The molecule has 0 rings (SSSR count). The van der Waals surface area contributed by atoms with E-state index in [-0.39, 0.29) is 19.2 Å². The van der Waals surface area contributed by atoms with Gasteiger partial charge in [-0.2, -0.15) is 0 Å². The Morgan fingerprint density at radius 2 is 0.818 bits per heavy atom. The number of carbonyl (C=O) groups is 1. The van der Waals surface area contributed by atoms with E-state index >= 15 is 0 Å². The lowest BCUT2D eigenvalue weighted by atomic mass is 10.1. The zero-order valence-electron chi connectivity index (χ0n) is 35.4. The maximum absolute atomic E-state index is 12.2. The number of esters is 1. The van der Waals surface area contributed by atoms with E-state index in [0.717, 1.165) is 83.5 Å². The molecular formula is C51H82O4. The lowest BCUT2D eigenvalue weighted by Gasteiger charge is -2.15. The second-order valence-electron chi connectivity index (χ2n) is 14.0.